The van der Waals surface area contributed by atoms with E-state index < -0.39 is 0 Å². The summed E-state index contributed by atoms with van der Waals surface area (Å²) in [5.74, 6) is 0. The van der Waals surface area contributed by atoms with E-state index in [0.717, 1.165) is 16.6 Å². The molecule has 81 valence electrons. The Morgan fingerprint density at radius 3 is 2.16 bits per heavy atom. The van der Waals surface area contributed by atoms with E-state index in [4.69, 9.17) is 37.1 Å². The third kappa shape index (κ3) is 2.36. The van der Waals surface area contributed by atoms with E-state index in [2.05, 4.69) is 0 Å². The summed E-state index contributed by atoms with van der Waals surface area (Å²) in [6.07, 6.45) is 0. The monoisotopic (exact) mass is 234 g/mol. The first kappa shape index (κ1) is 14.0. The van der Waals surface area contributed by atoms with E-state index in [0.29, 0.717) is 27.5 Å². The Labute approximate surface area is 120 Å². The first-order chi connectivity index (χ1) is 8.97. The van der Waals surface area contributed by atoms with Crippen molar-refractivity contribution in [2.45, 2.75) is 6.82 Å². The molecule has 0 heterocycles. The van der Waals surface area contributed by atoms with E-state index in [-0.39, 0.29) is 0 Å². The van der Waals surface area contributed by atoms with Gasteiger partial charge in [0.05, 0.1) is 0 Å². The van der Waals surface area contributed by atoms with Crippen molar-refractivity contribution in [2.75, 3.05) is 5.73 Å². The standard InChI is InChI=1S/C13H9B5N/c1-18-13-8(6-3-2-4-7(19)5-6)9(14)10(15)11(16)12(13)17/h2-5H,19H2,1H3. The van der Waals surface area contributed by atoms with Crippen LogP contribution in [0.15, 0.2) is 24.3 Å². The van der Waals surface area contributed by atoms with E-state index in [1.54, 1.807) is 6.07 Å². The summed E-state index contributed by atoms with van der Waals surface area (Å²) in [7, 11) is 25.7. The lowest BCUT2D eigenvalue weighted by Gasteiger charge is -2.22. The van der Waals surface area contributed by atoms with Crippen LogP contribution in [0.25, 0.3) is 11.1 Å². The minimum atomic E-state index is 0.306. The van der Waals surface area contributed by atoms with Gasteiger partial charge in [-0.15, -0.1) is 16.4 Å². The zero-order valence-electron chi connectivity index (χ0n) is 10.8. The average Bonchev–Trinajstić information content (AvgIpc) is 2.40. The van der Waals surface area contributed by atoms with Crippen LogP contribution in [0, 0.1) is 0 Å². The fourth-order valence-electron chi connectivity index (χ4n) is 2.15. The van der Waals surface area contributed by atoms with Crippen molar-refractivity contribution < 1.29 is 0 Å². The van der Waals surface area contributed by atoms with Crippen molar-refractivity contribution in [3.63, 3.8) is 0 Å². The van der Waals surface area contributed by atoms with Crippen molar-refractivity contribution in [2.24, 2.45) is 0 Å². The van der Waals surface area contributed by atoms with Crippen LogP contribution in [-0.2, 0) is 0 Å². The van der Waals surface area contributed by atoms with E-state index >= 15 is 0 Å². The number of nitrogens with two attached hydrogens (primary N) is 1. The first-order valence-electron chi connectivity index (χ1n) is 5.88. The topological polar surface area (TPSA) is 26.0 Å². The fourth-order valence-corrected chi connectivity index (χ4v) is 2.15. The number of anilines is 1. The smallest absolute Gasteiger partial charge is 0.148 e. The Morgan fingerprint density at radius 2 is 1.58 bits per heavy atom. The summed E-state index contributed by atoms with van der Waals surface area (Å²) in [5.41, 5.74) is 10.3. The lowest BCUT2D eigenvalue weighted by atomic mass is 9.55. The molecule has 0 saturated heterocycles. The van der Waals surface area contributed by atoms with Crippen LogP contribution in [0.1, 0.15) is 0 Å². The molecule has 0 saturated carbocycles. The summed E-state index contributed by atoms with van der Waals surface area (Å²) in [5, 5.41) is 0. The molecular weight excluding hydrogens is 224 g/mol. The maximum atomic E-state index is 6.09. The molecule has 2 rings (SSSR count). The molecule has 2 N–H and O–H groups in total. The van der Waals surface area contributed by atoms with E-state index in [1.807, 2.05) is 32.3 Å². The average molecular weight is 233 g/mol. The summed E-state index contributed by atoms with van der Waals surface area (Å²) in [6.45, 7) is 1.87. The predicted molar refractivity (Wildman–Crippen MR) is 89.1 cm³/mol. The quantitative estimate of drug-likeness (QED) is 0.450. The van der Waals surface area contributed by atoms with Gasteiger partial charge in [0.15, 0.2) is 0 Å². The Bertz CT molecular complexity index is 639. The zero-order chi connectivity index (χ0) is 14.2. The minimum absolute atomic E-state index is 0.306. The van der Waals surface area contributed by atoms with Gasteiger partial charge in [-0.25, -0.2) is 0 Å². The van der Waals surface area contributed by atoms with Gasteiger partial charge in [0.1, 0.15) is 38.7 Å². The second kappa shape index (κ2) is 5.28. The Hall–Kier alpha value is -1.44. The van der Waals surface area contributed by atoms with Crippen LogP contribution in [0.4, 0.5) is 5.69 Å². The molecule has 1 nitrogen and oxygen atoms in total. The summed E-state index contributed by atoms with van der Waals surface area (Å²) >= 11 is 0. The second-order valence-corrected chi connectivity index (χ2v) is 4.36. The molecule has 9 radical (unpaired) electrons. The van der Waals surface area contributed by atoms with Gasteiger partial charge < -0.3 is 5.73 Å². The van der Waals surface area contributed by atoms with Crippen molar-refractivity contribution in [3.8, 4) is 11.1 Å². The molecule has 0 fully saturated rings. The Balaban J connectivity index is 2.83. The highest BCUT2D eigenvalue weighted by molar-refractivity contribution is 6.72. The Kier molecular flexibility index (Phi) is 3.89. The molecule has 0 aliphatic heterocycles. The normalized spacial score (nSPS) is 10.4. The number of hydrogen-bond donors (Lipinski definition) is 1. The molecule has 0 spiro atoms. The molecule has 0 atom stereocenters. The highest BCUT2D eigenvalue weighted by atomic mass is 14.5. The molecule has 0 amide bonds. The SMILES string of the molecule is [B]c1c([B])c([B])c(-c2cccc(N)c2)c([B]C)c1[B]. The third-order valence-electron chi connectivity index (χ3n) is 3.16. The second-order valence-electron chi connectivity index (χ2n) is 4.36. The number of nitrogen functional groups attached to an aromatic ring is 1. The van der Waals surface area contributed by atoms with Crippen LogP contribution in [0.2, 0.25) is 6.82 Å². The van der Waals surface area contributed by atoms with Gasteiger partial charge >= 0.3 is 0 Å². The summed E-state index contributed by atoms with van der Waals surface area (Å²) in [4.78, 5) is 0. The molecule has 2 aromatic rings. The van der Waals surface area contributed by atoms with Crippen LogP contribution < -0.4 is 33.0 Å². The lowest BCUT2D eigenvalue weighted by Crippen LogP contribution is -2.56. The van der Waals surface area contributed by atoms with Gasteiger partial charge in [-0.3, -0.25) is 0 Å². The summed E-state index contributed by atoms with van der Waals surface area (Å²) < 4.78 is 0. The first-order valence-corrected chi connectivity index (χ1v) is 5.88. The molecule has 0 aromatic heterocycles. The van der Waals surface area contributed by atoms with Gasteiger partial charge in [-0.1, -0.05) is 29.9 Å². The zero-order valence-corrected chi connectivity index (χ0v) is 10.8. The third-order valence-corrected chi connectivity index (χ3v) is 3.16. The maximum Gasteiger partial charge on any atom is 0.148 e. The van der Waals surface area contributed by atoms with Crippen LogP contribution in [0.5, 0.6) is 0 Å². The fraction of sp³-hybridized carbons (Fsp3) is 0.0769. The molecule has 2 aromatic carbocycles. The van der Waals surface area contributed by atoms with Crippen LogP contribution >= 0.6 is 0 Å². The van der Waals surface area contributed by atoms with Crippen molar-refractivity contribution in [3.05, 3.63) is 24.3 Å². The molecule has 0 aliphatic rings. The molecule has 0 aliphatic carbocycles. The van der Waals surface area contributed by atoms with Gasteiger partial charge in [0.2, 0.25) is 0 Å². The molecule has 0 bridgehead atoms. The van der Waals surface area contributed by atoms with Gasteiger partial charge in [0, 0.05) is 5.69 Å². The predicted octanol–water partition coefficient (Wildman–Crippen LogP) is -2.51. The van der Waals surface area contributed by atoms with Crippen molar-refractivity contribution in [1.29, 1.82) is 0 Å². The minimum Gasteiger partial charge on any atom is -0.399 e. The van der Waals surface area contributed by atoms with E-state index in [1.165, 1.54) is 0 Å². The number of benzene rings is 2. The van der Waals surface area contributed by atoms with Crippen LogP contribution in [0.3, 0.4) is 0 Å². The van der Waals surface area contributed by atoms with Crippen molar-refractivity contribution >= 4 is 71.7 Å². The Morgan fingerprint density at radius 1 is 0.947 bits per heavy atom. The van der Waals surface area contributed by atoms with Crippen LogP contribution in [-0.4, -0.2) is 38.7 Å². The van der Waals surface area contributed by atoms with Crippen molar-refractivity contribution in [1.82, 2.24) is 0 Å². The molecule has 6 heteroatoms. The summed E-state index contributed by atoms with van der Waals surface area (Å²) in [6, 6.07) is 7.39. The van der Waals surface area contributed by atoms with Gasteiger partial charge in [-0.05, 0) is 23.3 Å². The largest absolute Gasteiger partial charge is 0.399 e. The van der Waals surface area contributed by atoms with Gasteiger partial charge in [-0.2, -0.15) is 0 Å². The maximum absolute atomic E-state index is 6.09. The highest BCUT2D eigenvalue weighted by Gasteiger charge is 2.14. The molecule has 19 heavy (non-hydrogen) atoms. The molecule has 0 unspecified atom stereocenters. The number of hydrogen-bond acceptors (Lipinski definition) is 1. The number of rotatable bonds is 2. The lowest BCUT2D eigenvalue weighted by molar-refractivity contribution is 1.67. The van der Waals surface area contributed by atoms with E-state index in [9.17, 15) is 0 Å². The highest BCUT2D eigenvalue weighted by Crippen LogP contribution is 2.16. The van der Waals surface area contributed by atoms with Gasteiger partial charge in [0.25, 0.3) is 0 Å². The molecular formula is C13H9B5N.